The number of amides is 2. The molecule has 142 valence electrons. The quantitative estimate of drug-likeness (QED) is 0.786. The Morgan fingerprint density at radius 2 is 2.07 bits per heavy atom. The minimum atomic E-state index is -0.565. The highest BCUT2D eigenvalue weighted by atomic mass is 35.5. The van der Waals surface area contributed by atoms with Gasteiger partial charge in [-0.3, -0.25) is 9.59 Å². The summed E-state index contributed by atoms with van der Waals surface area (Å²) in [7, 11) is 1.26. The summed E-state index contributed by atoms with van der Waals surface area (Å²) in [6, 6.07) is 3.45. The first-order valence-corrected chi connectivity index (χ1v) is 9.26. The van der Waals surface area contributed by atoms with E-state index < -0.39 is 17.7 Å². The zero-order chi connectivity index (χ0) is 19.7. The van der Waals surface area contributed by atoms with E-state index in [0.717, 1.165) is 22.6 Å². The van der Waals surface area contributed by atoms with Crippen molar-refractivity contribution in [3.8, 4) is 0 Å². The number of benzene rings is 1. The molecule has 6 nitrogen and oxygen atoms in total. The highest BCUT2D eigenvalue weighted by Gasteiger charge is 2.30. The van der Waals surface area contributed by atoms with Crippen LogP contribution in [0.15, 0.2) is 18.2 Å². The first-order valence-electron chi connectivity index (χ1n) is 8.06. The molecule has 2 aromatic rings. The lowest BCUT2D eigenvalue weighted by Crippen LogP contribution is -2.33. The number of carbonyl (C=O) groups is 3. The second-order valence-electron chi connectivity index (χ2n) is 5.97. The van der Waals surface area contributed by atoms with Gasteiger partial charge in [-0.05, 0) is 30.2 Å². The Balaban J connectivity index is 1.96. The molecular formula is C18H16ClFN2O4S. The van der Waals surface area contributed by atoms with Crippen LogP contribution >= 0.6 is 22.9 Å². The number of fused-ring (bicyclic) bond motifs is 1. The van der Waals surface area contributed by atoms with E-state index in [0.29, 0.717) is 24.5 Å². The summed E-state index contributed by atoms with van der Waals surface area (Å²) in [6.45, 7) is 2.34. The van der Waals surface area contributed by atoms with Gasteiger partial charge < -0.3 is 15.0 Å². The summed E-state index contributed by atoms with van der Waals surface area (Å²) in [5.74, 6) is -1.74. The van der Waals surface area contributed by atoms with Crippen LogP contribution in [0.3, 0.4) is 0 Å². The summed E-state index contributed by atoms with van der Waals surface area (Å²) < 4.78 is 18.1. The molecule has 0 bridgehead atoms. The van der Waals surface area contributed by atoms with Crippen molar-refractivity contribution in [2.24, 2.45) is 0 Å². The summed E-state index contributed by atoms with van der Waals surface area (Å²) in [6.07, 6.45) is 0.489. The van der Waals surface area contributed by atoms with E-state index in [1.54, 1.807) is 4.90 Å². The van der Waals surface area contributed by atoms with Gasteiger partial charge in [0.15, 0.2) is 0 Å². The van der Waals surface area contributed by atoms with E-state index in [1.807, 2.05) is 0 Å². The van der Waals surface area contributed by atoms with E-state index in [1.165, 1.54) is 31.4 Å². The van der Waals surface area contributed by atoms with Gasteiger partial charge in [0.05, 0.1) is 29.8 Å². The van der Waals surface area contributed by atoms with E-state index in [4.69, 9.17) is 16.3 Å². The number of ether oxygens (including phenoxy) is 1. The van der Waals surface area contributed by atoms with Crippen molar-refractivity contribution in [3.63, 3.8) is 0 Å². The minimum Gasteiger partial charge on any atom is -0.465 e. The molecule has 2 heterocycles. The van der Waals surface area contributed by atoms with E-state index in [9.17, 15) is 18.8 Å². The van der Waals surface area contributed by atoms with Gasteiger partial charge in [0, 0.05) is 18.3 Å². The van der Waals surface area contributed by atoms with Gasteiger partial charge in [0.2, 0.25) is 5.91 Å². The average Bonchev–Trinajstić information content (AvgIpc) is 2.97. The molecule has 27 heavy (non-hydrogen) atoms. The molecule has 1 N–H and O–H groups in total. The third kappa shape index (κ3) is 3.81. The van der Waals surface area contributed by atoms with Crippen LogP contribution in [0.4, 0.5) is 9.39 Å². The zero-order valence-electron chi connectivity index (χ0n) is 14.6. The second kappa shape index (κ2) is 7.66. The first kappa shape index (κ1) is 19.3. The van der Waals surface area contributed by atoms with Crippen LogP contribution in [0.25, 0.3) is 0 Å². The lowest BCUT2D eigenvalue weighted by atomic mass is 10.0. The van der Waals surface area contributed by atoms with Crippen LogP contribution in [-0.4, -0.2) is 36.3 Å². The largest absolute Gasteiger partial charge is 0.465 e. The Hall–Kier alpha value is -2.45. The standard InChI is InChI=1S/C18H16ClFN2O4S/c1-9(23)22-6-5-12-14(8-22)27-17(15(12)18(25)26-2)21-16(24)11-4-3-10(20)7-13(11)19/h3-4,7H,5-6,8H2,1-2H3,(H,21,24). The molecule has 9 heteroatoms. The maximum absolute atomic E-state index is 13.2. The van der Waals surface area contributed by atoms with Crippen molar-refractivity contribution >= 4 is 45.7 Å². The lowest BCUT2D eigenvalue weighted by Gasteiger charge is -2.25. The predicted octanol–water partition coefficient (Wildman–Crippen LogP) is 3.48. The molecule has 0 unspecified atom stereocenters. The lowest BCUT2D eigenvalue weighted by molar-refractivity contribution is -0.129. The number of esters is 1. The molecule has 1 aromatic carbocycles. The monoisotopic (exact) mass is 410 g/mol. The van der Waals surface area contributed by atoms with Gasteiger partial charge in [0.25, 0.3) is 5.91 Å². The van der Waals surface area contributed by atoms with Gasteiger partial charge in [-0.1, -0.05) is 11.6 Å². The molecule has 1 aromatic heterocycles. The Bertz CT molecular complexity index is 944. The van der Waals surface area contributed by atoms with Crippen molar-refractivity contribution in [1.29, 1.82) is 0 Å². The second-order valence-corrected chi connectivity index (χ2v) is 7.48. The SMILES string of the molecule is COC(=O)c1c(NC(=O)c2ccc(F)cc2Cl)sc2c1CCN(C(C)=O)C2. The molecule has 0 saturated heterocycles. The molecule has 0 atom stereocenters. The van der Waals surface area contributed by atoms with Gasteiger partial charge in [0.1, 0.15) is 10.8 Å². The fourth-order valence-electron chi connectivity index (χ4n) is 2.92. The van der Waals surface area contributed by atoms with Crippen LogP contribution in [0.5, 0.6) is 0 Å². The number of hydrogen-bond donors (Lipinski definition) is 1. The maximum atomic E-state index is 13.2. The first-order chi connectivity index (χ1) is 12.8. The fourth-order valence-corrected chi connectivity index (χ4v) is 4.42. The molecule has 0 fully saturated rings. The number of hydrogen-bond acceptors (Lipinski definition) is 5. The topological polar surface area (TPSA) is 75.7 Å². The molecule has 3 rings (SSSR count). The molecule has 0 spiro atoms. The van der Waals surface area contributed by atoms with Crippen molar-refractivity contribution in [3.05, 3.63) is 50.6 Å². The molecule has 0 radical (unpaired) electrons. The van der Waals surface area contributed by atoms with E-state index in [2.05, 4.69) is 5.32 Å². The predicted molar refractivity (Wildman–Crippen MR) is 99.8 cm³/mol. The van der Waals surface area contributed by atoms with Crippen LogP contribution in [0, 0.1) is 5.82 Å². The van der Waals surface area contributed by atoms with Gasteiger partial charge in [-0.25, -0.2) is 9.18 Å². The van der Waals surface area contributed by atoms with Crippen LogP contribution < -0.4 is 5.32 Å². The van der Waals surface area contributed by atoms with Gasteiger partial charge in [-0.15, -0.1) is 11.3 Å². The number of rotatable bonds is 3. The Labute approximate surface area is 163 Å². The molecule has 0 aliphatic carbocycles. The van der Waals surface area contributed by atoms with Crippen LogP contribution in [0.1, 0.15) is 38.1 Å². The Morgan fingerprint density at radius 1 is 1.33 bits per heavy atom. The summed E-state index contributed by atoms with van der Waals surface area (Å²) >= 11 is 7.16. The Morgan fingerprint density at radius 3 is 2.70 bits per heavy atom. The maximum Gasteiger partial charge on any atom is 0.341 e. The van der Waals surface area contributed by atoms with Crippen molar-refractivity contribution in [1.82, 2.24) is 4.90 Å². The molecular weight excluding hydrogens is 395 g/mol. The smallest absolute Gasteiger partial charge is 0.341 e. The van der Waals surface area contributed by atoms with Crippen LogP contribution in [0.2, 0.25) is 5.02 Å². The van der Waals surface area contributed by atoms with E-state index in [-0.39, 0.29) is 22.1 Å². The normalized spacial score (nSPS) is 13.1. The number of methoxy groups -OCH3 is 1. The Kier molecular flexibility index (Phi) is 5.48. The van der Waals surface area contributed by atoms with Crippen molar-refractivity contribution in [2.75, 3.05) is 19.0 Å². The van der Waals surface area contributed by atoms with E-state index >= 15 is 0 Å². The van der Waals surface area contributed by atoms with Gasteiger partial charge >= 0.3 is 5.97 Å². The fraction of sp³-hybridized carbons (Fsp3) is 0.278. The number of nitrogens with zero attached hydrogens (tertiary/aromatic N) is 1. The summed E-state index contributed by atoms with van der Waals surface area (Å²) in [5.41, 5.74) is 1.14. The van der Waals surface area contributed by atoms with Crippen molar-refractivity contribution in [2.45, 2.75) is 19.9 Å². The highest BCUT2D eigenvalue weighted by molar-refractivity contribution is 7.17. The molecule has 1 aliphatic heterocycles. The molecule has 2 amide bonds. The van der Waals surface area contributed by atoms with Crippen molar-refractivity contribution < 1.29 is 23.5 Å². The van der Waals surface area contributed by atoms with Crippen LogP contribution in [-0.2, 0) is 22.5 Å². The zero-order valence-corrected chi connectivity index (χ0v) is 16.2. The summed E-state index contributed by atoms with van der Waals surface area (Å²) in [4.78, 5) is 39.0. The number of anilines is 1. The molecule has 1 aliphatic rings. The number of nitrogens with one attached hydrogen (secondary N) is 1. The summed E-state index contributed by atoms with van der Waals surface area (Å²) in [5, 5.41) is 2.96. The number of halogens is 2. The van der Waals surface area contributed by atoms with Gasteiger partial charge in [-0.2, -0.15) is 0 Å². The number of carbonyl (C=O) groups excluding carboxylic acids is 3. The average molecular weight is 411 g/mol. The molecule has 0 saturated carbocycles. The number of thiophene rings is 1. The minimum absolute atomic E-state index is 0.0313. The highest BCUT2D eigenvalue weighted by Crippen LogP contribution is 2.38. The third-order valence-corrected chi connectivity index (χ3v) is 5.74. The third-order valence-electron chi connectivity index (χ3n) is 4.29.